The Morgan fingerprint density at radius 3 is 2.17 bits per heavy atom. The molecule has 0 aromatic rings. The second kappa shape index (κ2) is 5.56. The summed E-state index contributed by atoms with van der Waals surface area (Å²) in [5.74, 6) is 0. The van der Waals surface area contributed by atoms with E-state index in [1.807, 2.05) is 0 Å². The average molecular weight is 118 g/mol. The van der Waals surface area contributed by atoms with Gasteiger partial charge in [0.2, 0.25) is 0 Å². The molecule has 0 saturated heterocycles. The molecule has 0 atom stereocenters. The Kier molecular flexibility index (Phi) is 9.04. The summed E-state index contributed by atoms with van der Waals surface area (Å²) in [5, 5.41) is 0. The number of primary amides is 1. The van der Waals surface area contributed by atoms with Gasteiger partial charge >= 0.3 is 35.6 Å². The fourth-order valence-corrected chi connectivity index (χ4v) is 0. The first-order valence-electron chi connectivity index (χ1n) is 0.932. The minimum absolute atomic E-state index is 0. The molecular formula is CH4ClN2NaO. The number of halogens is 1. The van der Waals surface area contributed by atoms with E-state index in [0.29, 0.717) is 0 Å². The first-order valence-corrected chi connectivity index (χ1v) is 1.31. The van der Waals surface area contributed by atoms with Crippen LogP contribution in [-0.4, -0.2) is 6.03 Å². The molecule has 0 aliphatic heterocycles. The monoisotopic (exact) mass is 118 g/mol. The van der Waals surface area contributed by atoms with E-state index in [4.69, 9.17) is 0 Å². The summed E-state index contributed by atoms with van der Waals surface area (Å²) in [6.07, 6.45) is 0. The van der Waals surface area contributed by atoms with Crippen molar-refractivity contribution >= 4 is 17.8 Å². The Hall–Kier alpha value is 0.560. The fourth-order valence-electron chi connectivity index (χ4n) is 0. The van der Waals surface area contributed by atoms with Crippen LogP contribution < -0.4 is 40.1 Å². The van der Waals surface area contributed by atoms with Crippen LogP contribution >= 0.6 is 11.8 Å². The standard InChI is InChI=1S/CH3ClN2O.Na.H/c2-4-1(3)5;;/h(H3,3,4,5);;/q;+1;-1. The van der Waals surface area contributed by atoms with Gasteiger partial charge in [-0.05, 0) is 0 Å². The van der Waals surface area contributed by atoms with Gasteiger partial charge in [0.15, 0.2) is 0 Å². The topological polar surface area (TPSA) is 55.1 Å². The molecule has 0 heterocycles. The van der Waals surface area contributed by atoms with Crippen molar-refractivity contribution in [2.24, 2.45) is 5.73 Å². The van der Waals surface area contributed by atoms with E-state index in [2.05, 4.69) is 17.5 Å². The third-order valence-corrected chi connectivity index (χ3v) is 0.279. The van der Waals surface area contributed by atoms with Crippen LogP contribution in [0.25, 0.3) is 0 Å². The maximum atomic E-state index is 9.35. The number of carbonyl (C=O) groups excluding carboxylic acids is 1. The molecule has 6 heavy (non-hydrogen) atoms. The zero-order valence-electron chi connectivity index (χ0n) is 4.36. The van der Waals surface area contributed by atoms with Crippen LogP contribution in [0.5, 0.6) is 0 Å². The molecule has 2 amide bonds. The van der Waals surface area contributed by atoms with Crippen molar-refractivity contribution in [3.63, 3.8) is 0 Å². The smallest absolute Gasteiger partial charge is 1.00 e. The summed E-state index contributed by atoms with van der Waals surface area (Å²) in [7, 11) is 0. The largest absolute Gasteiger partial charge is 1.00 e. The van der Waals surface area contributed by atoms with Gasteiger partial charge in [-0.1, -0.05) is 0 Å². The number of nitrogens with two attached hydrogens (primary N) is 1. The quantitative estimate of drug-likeness (QED) is 0.257. The number of amides is 2. The first-order chi connectivity index (χ1) is 2.27. The molecule has 0 bridgehead atoms. The maximum Gasteiger partial charge on any atom is 1.00 e. The third-order valence-electron chi connectivity index (χ3n) is 0.0931. The second-order valence-corrected chi connectivity index (χ2v) is 0.648. The van der Waals surface area contributed by atoms with Gasteiger partial charge in [-0.3, -0.25) is 4.84 Å². The molecule has 0 fully saturated rings. The Morgan fingerprint density at radius 1 is 2.00 bits per heavy atom. The van der Waals surface area contributed by atoms with Crippen molar-refractivity contribution in [3.8, 4) is 0 Å². The van der Waals surface area contributed by atoms with Gasteiger partial charge in [-0.25, -0.2) is 4.79 Å². The van der Waals surface area contributed by atoms with E-state index in [1.54, 1.807) is 4.84 Å². The van der Waals surface area contributed by atoms with Crippen LogP contribution in [0.4, 0.5) is 4.79 Å². The van der Waals surface area contributed by atoms with E-state index in [-0.39, 0.29) is 31.0 Å². The van der Waals surface area contributed by atoms with Crippen LogP contribution in [0.15, 0.2) is 0 Å². The zero-order chi connectivity index (χ0) is 4.28. The first kappa shape index (κ1) is 9.75. The molecule has 0 aromatic heterocycles. The number of nitrogens with one attached hydrogen (secondary N) is 1. The SMILES string of the molecule is NC(=O)NCl.[H-].[Na+]. The van der Waals surface area contributed by atoms with E-state index < -0.39 is 6.03 Å². The van der Waals surface area contributed by atoms with Gasteiger partial charge in [0, 0.05) is 11.8 Å². The van der Waals surface area contributed by atoms with Gasteiger partial charge in [0.1, 0.15) is 0 Å². The van der Waals surface area contributed by atoms with E-state index in [9.17, 15) is 4.79 Å². The molecule has 0 aromatic carbocycles. The molecule has 3 N–H and O–H groups in total. The maximum absolute atomic E-state index is 9.35. The summed E-state index contributed by atoms with van der Waals surface area (Å²) in [6, 6.07) is -0.730. The van der Waals surface area contributed by atoms with E-state index in [1.165, 1.54) is 0 Å². The molecule has 5 heteroatoms. The molecule has 32 valence electrons. The van der Waals surface area contributed by atoms with Crippen molar-refractivity contribution in [1.82, 2.24) is 4.84 Å². The summed E-state index contributed by atoms with van der Waals surface area (Å²) in [6.45, 7) is 0. The summed E-state index contributed by atoms with van der Waals surface area (Å²) < 4.78 is 0. The van der Waals surface area contributed by atoms with Crippen molar-refractivity contribution in [2.75, 3.05) is 0 Å². The van der Waals surface area contributed by atoms with Gasteiger partial charge in [-0.15, -0.1) is 0 Å². The number of hydrogen-bond donors (Lipinski definition) is 2. The summed E-state index contributed by atoms with van der Waals surface area (Å²) in [5.41, 5.74) is 4.41. The van der Waals surface area contributed by atoms with Crippen molar-refractivity contribution in [3.05, 3.63) is 0 Å². The van der Waals surface area contributed by atoms with Crippen LogP contribution in [0.3, 0.4) is 0 Å². The Balaban J connectivity index is -0.0000000800. The van der Waals surface area contributed by atoms with Crippen LogP contribution in [-0.2, 0) is 0 Å². The Bertz CT molecular complexity index is 53.0. The number of carbonyl (C=O) groups is 1. The predicted molar refractivity (Wildman–Crippen MR) is 19.7 cm³/mol. The van der Waals surface area contributed by atoms with Gasteiger partial charge in [0.25, 0.3) is 0 Å². The minimum atomic E-state index is -0.730. The number of hydrogen-bond acceptors (Lipinski definition) is 1. The average Bonchev–Trinajstić information content (AvgIpc) is 1.38. The normalized spacial score (nSPS) is 5.50. The predicted octanol–water partition coefficient (Wildman–Crippen LogP) is -3.08. The molecule has 0 aliphatic rings. The number of urea groups is 1. The Labute approximate surface area is 64.1 Å². The van der Waals surface area contributed by atoms with Gasteiger partial charge in [-0.2, -0.15) is 0 Å². The van der Waals surface area contributed by atoms with Gasteiger partial charge in [0.05, 0.1) is 0 Å². The summed E-state index contributed by atoms with van der Waals surface area (Å²) >= 11 is 4.61. The van der Waals surface area contributed by atoms with Crippen molar-refractivity contribution in [1.29, 1.82) is 0 Å². The molecule has 0 aliphatic carbocycles. The van der Waals surface area contributed by atoms with Crippen molar-refractivity contribution in [2.45, 2.75) is 0 Å². The molecule has 0 unspecified atom stereocenters. The zero-order valence-corrected chi connectivity index (χ0v) is 6.12. The molecule has 0 spiro atoms. The minimum Gasteiger partial charge on any atom is -1.00 e. The second-order valence-electron chi connectivity index (χ2n) is 0.459. The van der Waals surface area contributed by atoms with Crippen molar-refractivity contribution < 1.29 is 35.8 Å². The molecule has 3 nitrogen and oxygen atoms in total. The summed E-state index contributed by atoms with van der Waals surface area (Å²) in [4.78, 5) is 11.0. The molecule has 0 rings (SSSR count). The van der Waals surface area contributed by atoms with Crippen LogP contribution in [0.2, 0.25) is 0 Å². The molecular weight excluding hydrogens is 114 g/mol. The van der Waals surface area contributed by atoms with E-state index in [0.717, 1.165) is 0 Å². The molecule has 0 saturated carbocycles. The van der Waals surface area contributed by atoms with Crippen LogP contribution in [0.1, 0.15) is 1.43 Å². The Morgan fingerprint density at radius 2 is 2.17 bits per heavy atom. The van der Waals surface area contributed by atoms with E-state index >= 15 is 0 Å². The van der Waals surface area contributed by atoms with Crippen LogP contribution in [0, 0.1) is 0 Å². The fraction of sp³-hybridized carbons (Fsp3) is 0. The molecule has 0 radical (unpaired) electrons. The third kappa shape index (κ3) is 8.82. The number of rotatable bonds is 0. The van der Waals surface area contributed by atoms with Gasteiger partial charge < -0.3 is 7.16 Å².